The summed E-state index contributed by atoms with van der Waals surface area (Å²) >= 11 is 0. The summed E-state index contributed by atoms with van der Waals surface area (Å²) in [6, 6.07) is -0.615. The zero-order valence-corrected chi connectivity index (χ0v) is 46.3. The van der Waals surface area contributed by atoms with E-state index in [1.54, 1.807) is 0 Å². The Hall–Kier alpha value is -2.45. The first-order valence-corrected chi connectivity index (χ1v) is 29.5. The number of carbonyl (C=O) groups excluding carboxylic acids is 2. The predicted octanol–water partition coefficient (Wildman–Crippen LogP) is 17.7. The van der Waals surface area contributed by atoms with E-state index in [0.29, 0.717) is 19.3 Å². The molecule has 2 unspecified atom stereocenters. The summed E-state index contributed by atoms with van der Waals surface area (Å²) in [6.07, 6.45) is 63.5. The fourth-order valence-corrected chi connectivity index (χ4v) is 8.98. The van der Waals surface area contributed by atoms with Crippen molar-refractivity contribution in [3.8, 4) is 0 Å². The van der Waals surface area contributed by atoms with E-state index >= 15 is 0 Å². The Morgan fingerprint density at radius 2 is 0.768 bits per heavy atom. The Morgan fingerprint density at radius 1 is 0.435 bits per heavy atom. The van der Waals surface area contributed by atoms with Gasteiger partial charge in [0.15, 0.2) is 12.1 Å². The third kappa shape index (κ3) is 50.3. The zero-order valence-electron chi connectivity index (χ0n) is 46.3. The van der Waals surface area contributed by atoms with Crippen molar-refractivity contribution in [1.29, 1.82) is 0 Å². The number of likely N-dealkylation sites (N-methyl/N-ethyl adjacent to an activating group) is 1. The van der Waals surface area contributed by atoms with Crippen molar-refractivity contribution < 1.29 is 38.2 Å². The highest BCUT2D eigenvalue weighted by Crippen LogP contribution is 2.17. The zero-order chi connectivity index (χ0) is 50.6. The van der Waals surface area contributed by atoms with E-state index in [1.165, 1.54) is 199 Å². The molecule has 69 heavy (non-hydrogen) atoms. The molecule has 0 aromatic heterocycles. The van der Waals surface area contributed by atoms with Crippen LogP contribution in [0.1, 0.15) is 284 Å². The quantitative estimate of drug-likeness (QED) is 0.0280. The number of carboxylic acid groups (broad SMARTS) is 1. The van der Waals surface area contributed by atoms with Crippen LogP contribution in [0.5, 0.6) is 0 Å². The molecule has 0 heterocycles. The van der Waals surface area contributed by atoms with E-state index in [9.17, 15) is 19.5 Å². The number of quaternary nitrogens is 1. The topological polar surface area (TPSA) is 99.1 Å². The summed E-state index contributed by atoms with van der Waals surface area (Å²) < 4.78 is 17.4. The standard InChI is InChI=1S/C61H113NO7/c1-6-8-10-12-14-16-18-20-22-24-26-28-30-32-34-36-38-40-42-44-46-48-50-52-60(64)69-57(55-67-54-53-58(61(65)66)62(3,4)5)56-68-59(63)51-49-47-45-43-41-39-37-35-33-31-29-27-25-23-21-19-17-15-13-11-9-7-2/h15,17,21,23,27,29,57-58H,6-14,16,18-20,22,24-26,28,30-56H2,1-5H3/p+1/b17-15+,23-21+,29-27+. The predicted molar refractivity (Wildman–Crippen MR) is 294 cm³/mol. The molecule has 8 nitrogen and oxygen atoms in total. The summed E-state index contributed by atoms with van der Waals surface area (Å²) in [6.45, 7) is 4.76. The number of hydrogen-bond donors (Lipinski definition) is 1. The van der Waals surface area contributed by atoms with Gasteiger partial charge in [-0.2, -0.15) is 0 Å². The van der Waals surface area contributed by atoms with Crippen LogP contribution in [-0.2, 0) is 28.6 Å². The summed E-state index contributed by atoms with van der Waals surface area (Å²) in [4.78, 5) is 37.3. The molecule has 0 saturated heterocycles. The van der Waals surface area contributed by atoms with Crippen LogP contribution in [0.2, 0.25) is 0 Å². The largest absolute Gasteiger partial charge is 0.477 e. The molecule has 0 saturated carbocycles. The monoisotopic (exact) mass is 973 g/mol. The number of hydrogen-bond acceptors (Lipinski definition) is 6. The van der Waals surface area contributed by atoms with Crippen LogP contribution in [0, 0.1) is 0 Å². The highest BCUT2D eigenvalue weighted by atomic mass is 16.6. The number of unbranched alkanes of at least 4 members (excludes halogenated alkanes) is 34. The van der Waals surface area contributed by atoms with Crippen molar-refractivity contribution in [1.82, 2.24) is 0 Å². The maximum Gasteiger partial charge on any atom is 0.362 e. The maximum absolute atomic E-state index is 12.9. The third-order valence-electron chi connectivity index (χ3n) is 13.5. The van der Waals surface area contributed by atoms with Gasteiger partial charge in [0.25, 0.3) is 0 Å². The lowest BCUT2D eigenvalue weighted by Crippen LogP contribution is -2.50. The van der Waals surface area contributed by atoms with Gasteiger partial charge in [0.05, 0.1) is 34.4 Å². The minimum Gasteiger partial charge on any atom is -0.477 e. The molecule has 0 fully saturated rings. The number of rotatable bonds is 54. The number of allylic oxidation sites excluding steroid dienone is 6. The van der Waals surface area contributed by atoms with Gasteiger partial charge >= 0.3 is 17.9 Å². The van der Waals surface area contributed by atoms with E-state index < -0.39 is 18.1 Å². The van der Waals surface area contributed by atoms with Gasteiger partial charge in [-0.05, 0) is 51.4 Å². The average molecular weight is 974 g/mol. The van der Waals surface area contributed by atoms with Gasteiger partial charge in [0.1, 0.15) is 6.61 Å². The molecule has 0 aliphatic heterocycles. The Labute approximate surface area is 427 Å². The van der Waals surface area contributed by atoms with E-state index in [2.05, 4.69) is 50.3 Å². The van der Waals surface area contributed by atoms with Crippen LogP contribution in [0.15, 0.2) is 36.5 Å². The molecule has 0 aliphatic rings. The molecule has 2 atom stereocenters. The fraction of sp³-hybridized carbons (Fsp3) is 0.852. The van der Waals surface area contributed by atoms with Crippen LogP contribution >= 0.6 is 0 Å². The first-order valence-electron chi connectivity index (χ1n) is 29.5. The van der Waals surface area contributed by atoms with Gasteiger partial charge in [-0.1, -0.05) is 249 Å². The Balaban J connectivity index is 4.14. The lowest BCUT2D eigenvalue weighted by molar-refractivity contribution is -0.887. The summed E-state index contributed by atoms with van der Waals surface area (Å²) in [5, 5.41) is 9.68. The van der Waals surface area contributed by atoms with E-state index in [4.69, 9.17) is 14.2 Å². The second-order valence-corrected chi connectivity index (χ2v) is 21.3. The van der Waals surface area contributed by atoms with Crippen LogP contribution < -0.4 is 0 Å². The normalized spacial score (nSPS) is 13.0. The number of nitrogens with zero attached hydrogens (tertiary/aromatic N) is 1. The Bertz CT molecular complexity index is 1220. The van der Waals surface area contributed by atoms with Gasteiger partial charge < -0.3 is 23.8 Å². The molecule has 0 amide bonds. The van der Waals surface area contributed by atoms with Gasteiger partial charge in [0.2, 0.25) is 0 Å². The molecule has 404 valence electrons. The highest BCUT2D eigenvalue weighted by molar-refractivity contribution is 5.72. The highest BCUT2D eigenvalue weighted by Gasteiger charge is 2.31. The van der Waals surface area contributed by atoms with Gasteiger partial charge in [-0.25, -0.2) is 4.79 Å². The van der Waals surface area contributed by atoms with Crippen molar-refractivity contribution in [3.63, 3.8) is 0 Å². The van der Waals surface area contributed by atoms with Gasteiger partial charge in [-0.15, -0.1) is 0 Å². The van der Waals surface area contributed by atoms with Gasteiger partial charge in [0, 0.05) is 19.3 Å². The van der Waals surface area contributed by atoms with Crippen molar-refractivity contribution in [2.75, 3.05) is 41.0 Å². The van der Waals surface area contributed by atoms with Crippen LogP contribution in [0.4, 0.5) is 0 Å². The van der Waals surface area contributed by atoms with E-state index in [1.807, 2.05) is 21.1 Å². The first-order chi connectivity index (χ1) is 33.6. The molecule has 8 heteroatoms. The lowest BCUT2D eigenvalue weighted by Gasteiger charge is -2.31. The minimum absolute atomic E-state index is 0.0500. The molecule has 0 spiro atoms. The van der Waals surface area contributed by atoms with Gasteiger partial charge in [-0.3, -0.25) is 9.59 Å². The van der Waals surface area contributed by atoms with E-state index in [-0.39, 0.29) is 36.2 Å². The van der Waals surface area contributed by atoms with E-state index in [0.717, 1.165) is 51.4 Å². The van der Waals surface area contributed by atoms with Crippen molar-refractivity contribution in [2.45, 2.75) is 296 Å². The minimum atomic E-state index is -0.872. The maximum atomic E-state index is 12.9. The molecule has 0 radical (unpaired) electrons. The third-order valence-corrected chi connectivity index (χ3v) is 13.5. The van der Waals surface area contributed by atoms with Crippen molar-refractivity contribution in [2.24, 2.45) is 0 Å². The molecule has 1 N–H and O–H groups in total. The molecule has 0 aromatic carbocycles. The fourth-order valence-electron chi connectivity index (χ4n) is 8.98. The summed E-state index contributed by atoms with van der Waals surface area (Å²) in [7, 11) is 5.55. The van der Waals surface area contributed by atoms with Crippen LogP contribution in [0.25, 0.3) is 0 Å². The SMILES string of the molecule is CCCCC/C=C/C/C=C/C/C=C/CCCCCCCCCCCC(=O)OCC(COCCC(C(=O)O)[N+](C)(C)C)OC(=O)CCCCCCCCCCCCCCCCCCCCCCCCC. The van der Waals surface area contributed by atoms with Crippen molar-refractivity contribution in [3.05, 3.63) is 36.5 Å². The number of ether oxygens (including phenoxy) is 3. The lowest BCUT2D eigenvalue weighted by atomic mass is 10.0. The number of carbonyl (C=O) groups is 3. The molecule has 0 rings (SSSR count). The molecule has 0 aliphatic carbocycles. The Kier molecular flexibility index (Phi) is 50.0. The van der Waals surface area contributed by atoms with Crippen molar-refractivity contribution >= 4 is 17.9 Å². The molecular formula is C61H114NO7+. The Morgan fingerprint density at radius 3 is 1.16 bits per heavy atom. The number of esters is 2. The van der Waals surface area contributed by atoms with Crippen LogP contribution in [-0.4, -0.2) is 80.6 Å². The number of aliphatic carboxylic acids is 1. The molecular weight excluding hydrogens is 859 g/mol. The first kappa shape index (κ1) is 66.6. The summed E-state index contributed by atoms with van der Waals surface area (Å²) in [5.74, 6) is -1.45. The average Bonchev–Trinajstić information content (AvgIpc) is 3.31. The second kappa shape index (κ2) is 51.9. The smallest absolute Gasteiger partial charge is 0.362 e. The van der Waals surface area contributed by atoms with Crippen LogP contribution in [0.3, 0.4) is 0 Å². The number of carboxylic acids is 1. The second-order valence-electron chi connectivity index (χ2n) is 21.3. The summed E-state index contributed by atoms with van der Waals surface area (Å²) in [5.41, 5.74) is 0. The molecule has 0 aromatic rings. The molecule has 0 bridgehead atoms.